The molecule has 1 aliphatic rings. The number of unbranched alkanes of at least 4 members (excludes halogenated alkanes) is 3. The highest BCUT2D eigenvalue weighted by Gasteiger charge is 2.17. The predicted octanol–water partition coefficient (Wildman–Crippen LogP) is 6.03. The van der Waals surface area contributed by atoms with Gasteiger partial charge in [0.05, 0.1) is 0 Å². The Labute approximate surface area is 135 Å². The van der Waals surface area contributed by atoms with Gasteiger partial charge >= 0.3 is 0 Å². The summed E-state index contributed by atoms with van der Waals surface area (Å²) in [5.41, 5.74) is 1.67. The summed E-state index contributed by atoms with van der Waals surface area (Å²) in [6.07, 6.45) is 14.9. The van der Waals surface area contributed by atoms with E-state index in [1.165, 1.54) is 70.6 Å². The van der Waals surface area contributed by atoms with Crippen LogP contribution in [0.15, 0.2) is 6.07 Å². The minimum atomic E-state index is 0.610. The maximum atomic E-state index is 3.80. The van der Waals surface area contributed by atoms with Gasteiger partial charge < -0.3 is 5.32 Å². The Bertz CT molecular complexity index is 373. The van der Waals surface area contributed by atoms with Gasteiger partial charge in [0.1, 0.15) is 0 Å². The monoisotopic (exact) mass is 307 g/mol. The molecule has 1 aromatic rings. The van der Waals surface area contributed by atoms with Gasteiger partial charge in [0.2, 0.25) is 0 Å². The van der Waals surface area contributed by atoms with Crippen LogP contribution in [-0.4, -0.2) is 6.54 Å². The van der Waals surface area contributed by atoms with Crippen molar-refractivity contribution in [2.45, 2.75) is 90.5 Å². The molecule has 0 radical (unpaired) electrons. The number of aryl methyl sites for hydroxylation is 2. The first-order valence-corrected chi connectivity index (χ1v) is 10.0. The normalized spacial score (nSPS) is 16.5. The maximum absolute atomic E-state index is 3.80. The molecule has 2 heteroatoms. The van der Waals surface area contributed by atoms with Crippen LogP contribution in [0.1, 0.15) is 93.0 Å². The smallest absolute Gasteiger partial charge is 0.0414 e. The minimum absolute atomic E-state index is 0.610. The van der Waals surface area contributed by atoms with Gasteiger partial charge in [-0.25, -0.2) is 0 Å². The van der Waals surface area contributed by atoms with Gasteiger partial charge in [0.25, 0.3) is 0 Å². The Kier molecular flexibility index (Phi) is 7.81. The third-order valence-corrected chi connectivity index (χ3v) is 5.95. The van der Waals surface area contributed by atoms with Crippen molar-refractivity contribution < 1.29 is 0 Å². The Morgan fingerprint density at radius 3 is 2.71 bits per heavy atom. The first-order valence-electron chi connectivity index (χ1n) is 9.20. The SMILES string of the molecule is CCCCCCC(NCCC)c1cc2c(s1)CCCCC2. The highest BCUT2D eigenvalue weighted by Crippen LogP contribution is 2.34. The molecular weight excluding hydrogens is 274 g/mol. The van der Waals surface area contributed by atoms with Crippen LogP contribution < -0.4 is 5.32 Å². The summed E-state index contributed by atoms with van der Waals surface area (Å²) in [6, 6.07) is 3.15. The van der Waals surface area contributed by atoms with E-state index in [1.807, 2.05) is 0 Å². The van der Waals surface area contributed by atoms with E-state index in [2.05, 4.69) is 36.6 Å². The van der Waals surface area contributed by atoms with E-state index in [1.54, 1.807) is 15.3 Å². The molecule has 1 nitrogen and oxygen atoms in total. The van der Waals surface area contributed by atoms with E-state index in [4.69, 9.17) is 0 Å². The lowest BCUT2D eigenvalue weighted by molar-refractivity contribution is 0.476. The molecule has 1 N–H and O–H groups in total. The zero-order valence-corrected chi connectivity index (χ0v) is 14.9. The van der Waals surface area contributed by atoms with Gasteiger partial charge in [-0.05, 0) is 56.7 Å². The van der Waals surface area contributed by atoms with E-state index in [-0.39, 0.29) is 0 Å². The predicted molar refractivity (Wildman–Crippen MR) is 95.4 cm³/mol. The zero-order chi connectivity index (χ0) is 14.9. The molecular formula is C19H33NS. The summed E-state index contributed by atoms with van der Waals surface area (Å²) in [4.78, 5) is 3.31. The molecule has 0 fully saturated rings. The molecule has 0 aromatic carbocycles. The molecule has 1 atom stereocenters. The molecule has 0 aliphatic heterocycles. The number of hydrogen-bond acceptors (Lipinski definition) is 2. The molecule has 1 heterocycles. The Morgan fingerprint density at radius 1 is 1.05 bits per heavy atom. The highest BCUT2D eigenvalue weighted by molar-refractivity contribution is 7.12. The Balaban J connectivity index is 1.97. The summed E-state index contributed by atoms with van der Waals surface area (Å²) >= 11 is 2.11. The van der Waals surface area contributed by atoms with Crippen molar-refractivity contribution in [3.8, 4) is 0 Å². The molecule has 0 amide bonds. The second-order valence-electron chi connectivity index (χ2n) is 6.51. The molecule has 0 spiro atoms. The maximum Gasteiger partial charge on any atom is 0.0414 e. The van der Waals surface area contributed by atoms with Crippen molar-refractivity contribution in [1.82, 2.24) is 5.32 Å². The fourth-order valence-electron chi connectivity index (χ4n) is 3.30. The van der Waals surface area contributed by atoms with Crippen LogP contribution in [0.4, 0.5) is 0 Å². The molecule has 1 unspecified atom stereocenters. The number of nitrogens with one attached hydrogen (secondary N) is 1. The topological polar surface area (TPSA) is 12.0 Å². The molecule has 0 bridgehead atoms. The number of rotatable bonds is 9. The average molecular weight is 308 g/mol. The van der Waals surface area contributed by atoms with Gasteiger partial charge in [0.15, 0.2) is 0 Å². The second-order valence-corrected chi connectivity index (χ2v) is 7.68. The van der Waals surface area contributed by atoms with Crippen LogP contribution in [0.3, 0.4) is 0 Å². The number of hydrogen-bond donors (Lipinski definition) is 1. The Hall–Kier alpha value is -0.340. The van der Waals surface area contributed by atoms with E-state index >= 15 is 0 Å². The summed E-state index contributed by atoms with van der Waals surface area (Å²) in [7, 11) is 0. The van der Waals surface area contributed by atoms with Crippen LogP contribution in [0.5, 0.6) is 0 Å². The van der Waals surface area contributed by atoms with Gasteiger partial charge in [-0.15, -0.1) is 11.3 Å². The summed E-state index contributed by atoms with van der Waals surface area (Å²) in [5.74, 6) is 0. The van der Waals surface area contributed by atoms with Crippen LogP contribution in [0.2, 0.25) is 0 Å². The molecule has 120 valence electrons. The number of fused-ring (bicyclic) bond motifs is 1. The van der Waals surface area contributed by atoms with Gasteiger partial charge in [-0.2, -0.15) is 0 Å². The van der Waals surface area contributed by atoms with E-state index in [0.29, 0.717) is 6.04 Å². The first kappa shape index (κ1) is 17.0. The average Bonchev–Trinajstić information content (AvgIpc) is 2.77. The lowest BCUT2D eigenvalue weighted by atomic mass is 10.0. The van der Waals surface area contributed by atoms with Crippen molar-refractivity contribution in [1.29, 1.82) is 0 Å². The highest BCUT2D eigenvalue weighted by atomic mass is 32.1. The molecule has 0 saturated heterocycles. The fraction of sp³-hybridized carbons (Fsp3) is 0.789. The van der Waals surface area contributed by atoms with Crippen molar-refractivity contribution >= 4 is 11.3 Å². The lowest BCUT2D eigenvalue weighted by Gasteiger charge is -2.17. The second kappa shape index (κ2) is 9.63. The summed E-state index contributed by atoms with van der Waals surface area (Å²) in [6.45, 7) is 5.72. The van der Waals surface area contributed by atoms with E-state index in [9.17, 15) is 0 Å². The van der Waals surface area contributed by atoms with E-state index in [0.717, 1.165) is 6.54 Å². The van der Waals surface area contributed by atoms with Crippen LogP contribution in [0.25, 0.3) is 0 Å². The molecule has 0 saturated carbocycles. The summed E-state index contributed by atoms with van der Waals surface area (Å²) < 4.78 is 0. The van der Waals surface area contributed by atoms with Crippen molar-refractivity contribution in [3.05, 3.63) is 21.4 Å². The van der Waals surface area contributed by atoms with Crippen molar-refractivity contribution in [2.75, 3.05) is 6.54 Å². The Morgan fingerprint density at radius 2 is 1.90 bits per heavy atom. The largest absolute Gasteiger partial charge is 0.309 e. The molecule has 1 aromatic heterocycles. The van der Waals surface area contributed by atoms with Crippen LogP contribution in [-0.2, 0) is 12.8 Å². The van der Waals surface area contributed by atoms with Crippen LogP contribution >= 0.6 is 11.3 Å². The third kappa shape index (κ3) is 5.41. The van der Waals surface area contributed by atoms with Crippen molar-refractivity contribution in [2.24, 2.45) is 0 Å². The van der Waals surface area contributed by atoms with E-state index < -0.39 is 0 Å². The first-order chi connectivity index (χ1) is 10.3. The third-order valence-electron chi connectivity index (χ3n) is 4.60. The number of thiophene rings is 1. The standard InChI is InChI=1S/C19H33NS/c1-3-5-6-9-12-17(20-14-4-2)19-15-16-11-8-7-10-13-18(16)21-19/h15,17,20H,3-14H2,1-2H3. The van der Waals surface area contributed by atoms with Crippen molar-refractivity contribution in [3.63, 3.8) is 0 Å². The van der Waals surface area contributed by atoms with Gasteiger partial charge in [0, 0.05) is 15.8 Å². The minimum Gasteiger partial charge on any atom is -0.309 e. The molecule has 21 heavy (non-hydrogen) atoms. The lowest BCUT2D eigenvalue weighted by Crippen LogP contribution is -2.21. The fourth-order valence-corrected chi connectivity index (χ4v) is 4.67. The van der Waals surface area contributed by atoms with Crippen LogP contribution in [0, 0.1) is 0 Å². The summed E-state index contributed by atoms with van der Waals surface area (Å²) in [5, 5.41) is 3.80. The quantitative estimate of drug-likeness (QED) is 0.434. The van der Waals surface area contributed by atoms with Gasteiger partial charge in [-0.3, -0.25) is 0 Å². The molecule has 2 rings (SSSR count). The zero-order valence-electron chi connectivity index (χ0n) is 14.0. The van der Waals surface area contributed by atoms with Gasteiger partial charge in [-0.1, -0.05) is 46.0 Å². The molecule has 1 aliphatic carbocycles.